The van der Waals surface area contributed by atoms with Crippen LogP contribution in [0.3, 0.4) is 0 Å². The van der Waals surface area contributed by atoms with E-state index in [0.29, 0.717) is 19.3 Å². The summed E-state index contributed by atoms with van der Waals surface area (Å²) in [5.41, 5.74) is 0. The van der Waals surface area contributed by atoms with Crippen LogP contribution in [-0.4, -0.2) is 37.2 Å². The molecule has 0 heterocycles. The second-order valence-electron chi connectivity index (χ2n) is 20.5. The van der Waals surface area contributed by atoms with Gasteiger partial charge in [-0.1, -0.05) is 279 Å². The Labute approximate surface area is 393 Å². The van der Waals surface area contributed by atoms with Crippen molar-refractivity contribution in [2.45, 2.75) is 323 Å². The monoisotopic (exact) mass is 891 g/mol. The Hall–Kier alpha value is -1.59. The van der Waals surface area contributed by atoms with Crippen molar-refractivity contribution in [3.63, 3.8) is 0 Å². The predicted octanol–water partition coefficient (Wildman–Crippen LogP) is 18.5. The molecule has 0 radical (unpaired) electrons. The number of hydrogen-bond donors (Lipinski definition) is 0. The summed E-state index contributed by atoms with van der Waals surface area (Å²) in [6, 6.07) is 0. The van der Waals surface area contributed by atoms with Gasteiger partial charge in [0, 0.05) is 19.3 Å². The number of unbranched alkanes of at least 4 members (excludes halogenated alkanes) is 36. The number of hydrogen-bond acceptors (Lipinski definition) is 6. The maximum Gasteiger partial charge on any atom is 0.306 e. The van der Waals surface area contributed by atoms with Crippen molar-refractivity contribution in [2.24, 2.45) is 11.8 Å². The average Bonchev–Trinajstić information content (AvgIpc) is 3.25. The van der Waals surface area contributed by atoms with E-state index in [1.54, 1.807) is 0 Å². The Kier molecular flexibility index (Phi) is 48.6. The smallest absolute Gasteiger partial charge is 0.306 e. The first-order valence-electron chi connectivity index (χ1n) is 28.2. The summed E-state index contributed by atoms with van der Waals surface area (Å²) in [5.74, 6) is 0.825. The number of carbonyl (C=O) groups is 3. The number of rotatable bonds is 51. The van der Waals surface area contributed by atoms with Crippen LogP contribution in [0, 0.1) is 11.8 Å². The minimum atomic E-state index is -0.762. The van der Waals surface area contributed by atoms with E-state index in [1.807, 2.05) is 0 Å². The quantitative estimate of drug-likeness (QED) is 0.0344. The lowest BCUT2D eigenvalue weighted by Crippen LogP contribution is -2.30. The molecule has 0 aliphatic rings. The van der Waals surface area contributed by atoms with Gasteiger partial charge in [-0.25, -0.2) is 0 Å². The molecule has 0 spiro atoms. The zero-order valence-electron chi connectivity index (χ0n) is 43.2. The normalized spacial score (nSPS) is 12.0. The number of esters is 3. The molecule has 0 saturated carbocycles. The second-order valence-corrected chi connectivity index (χ2v) is 20.5. The topological polar surface area (TPSA) is 78.9 Å². The Morgan fingerprint density at radius 3 is 0.778 bits per heavy atom. The zero-order chi connectivity index (χ0) is 46.1. The molecule has 1 atom stereocenters. The lowest BCUT2D eigenvalue weighted by Gasteiger charge is -2.18. The summed E-state index contributed by atoms with van der Waals surface area (Å²) in [5, 5.41) is 0. The van der Waals surface area contributed by atoms with E-state index >= 15 is 0 Å². The summed E-state index contributed by atoms with van der Waals surface area (Å²) in [6.45, 7) is 11.4. The first kappa shape index (κ1) is 61.4. The van der Waals surface area contributed by atoms with Gasteiger partial charge in [-0.05, 0) is 31.1 Å². The highest BCUT2D eigenvalue weighted by atomic mass is 16.6. The largest absolute Gasteiger partial charge is 0.462 e. The van der Waals surface area contributed by atoms with E-state index < -0.39 is 6.10 Å². The summed E-state index contributed by atoms with van der Waals surface area (Å²) in [4.78, 5) is 38.1. The molecule has 0 N–H and O–H groups in total. The van der Waals surface area contributed by atoms with Crippen LogP contribution in [-0.2, 0) is 28.6 Å². The highest BCUT2D eigenvalue weighted by Gasteiger charge is 2.19. The van der Waals surface area contributed by atoms with Crippen LogP contribution in [0.25, 0.3) is 0 Å². The van der Waals surface area contributed by atoms with E-state index in [0.717, 1.165) is 69.6 Å². The SMILES string of the molecule is CCCCCCCCCCCCCCCCCC(=O)OC[C@H](COC(=O)CCCCCCCCCCCCCCC(C)C)OC(=O)CCCCCCCCCCCCCCC(C)C. The molecule has 374 valence electrons. The summed E-state index contributed by atoms with van der Waals surface area (Å²) < 4.78 is 16.9. The lowest BCUT2D eigenvalue weighted by atomic mass is 10.0. The van der Waals surface area contributed by atoms with Crippen molar-refractivity contribution in [3.05, 3.63) is 0 Å². The first-order valence-corrected chi connectivity index (χ1v) is 28.2. The number of carbonyl (C=O) groups excluding carboxylic acids is 3. The van der Waals surface area contributed by atoms with Gasteiger partial charge in [-0.3, -0.25) is 14.4 Å². The molecule has 63 heavy (non-hydrogen) atoms. The molecule has 0 aromatic carbocycles. The van der Waals surface area contributed by atoms with Gasteiger partial charge in [0.1, 0.15) is 13.2 Å². The summed E-state index contributed by atoms with van der Waals surface area (Å²) in [7, 11) is 0. The van der Waals surface area contributed by atoms with Crippen LogP contribution in [0.2, 0.25) is 0 Å². The second kappa shape index (κ2) is 49.8. The highest BCUT2D eigenvalue weighted by molar-refractivity contribution is 5.71. The minimum absolute atomic E-state index is 0.0628. The van der Waals surface area contributed by atoms with Gasteiger partial charge in [0.05, 0.1) is 0 Å². The Morgan fingerprint density at radius 2 is 0.524 bits per heavy atom. The first-order chi connectivity index (χ1) is 30.7. The molecular formula is C57H110O6. The molecule has 0 bridgehead atoms. The predicted molar refractivity (Wildman–Crippen MR) is 270 cm³/mol. The van der Waals surface area contributed by atoms with E-state index in [9.17, 15) is 14.4 Å². The number of ether oxygens (including phenoxy) is 3. The average molecular weight is 892 g/mol. The molecule has 0 aromatic heterocycles. The summed E-state index contributed by atoms with van der Waals surface area (Å²) in [6.07, 6.45) is 52.3. The van der Waals surface area contributed by atoms with Gasteiger partial charge in [0.15, 0.2) is 6.10 Å². The van der Waals surface area contributed by atoms with Crippen LogP contribution in [0.5, 0.6) is 0 Å². The Morgan fingerprint density at radius 1 is 0.302 bits per heavy atom. The molecule has 0 aromatic rings. The van der Waals surface area contributed by atoms with Crippen molar-refractivity contribution in [1.82, 2.24) is 0 Å². The standard InChI is InChI=1S/C57H110O6/c1-6-7-8-9-10-11-12-13-14-15-22-27-32-37-42-47-55(58)61-50-54(63-57(60)49-44-39-34-29-24-19-17-21-26-31-36-41-46-53(4)5)51-62-56(59)48-43-38-33-28-23-18-16-20-25-30-35-40-45-52(2)3/h52-54H,6-51H2,1-5H3/t54-/m1/s1. The molecule has 0 aliphatic carbocycles. The molecule has 6 heteroatoms. The highest BCUT2D eigenvalue weighted by Crippen LogP contribution is 2.18. The van der Waals surface area contributed by atoms with Crippen molar-refractivity contribution in [2.75, 3.05) is 13.2 Å². The van der Waals surface area contributed by atoms with E-state index in [2.05, 4.69) is 34.6 Å². The van der Waals surface area contributed by atoms with E-state index in [-0.39, 0.29) is 31.1 Å². The Balaban J connectivity index is 4.31. The van der Waals surface area contributed by atoms with Crippen LogP contribution in [0.1, 0.15) is 317 Å². The van der Waals surface area contributed by atoms with Crippen LogP contribution < -0.4 is 0 Å². The van der Waals surface area contributed by atoms with Crippen molar-refractivity contribution in [3.8, 4) is 0 Å². The minimum Gasteiger partial charge on any atom is -0.462 e. The van der Waals surface area contributed by atoms with Crippen LogP contribution in [0.4, 0.5) is 0 Å². The summed E-state index contributed by atoms with van der Waals surface area (Å²) >= 11 is 0. The van der Waals surface area contributed by atoms with Gasteiger partial charge in [-0.2, -0.15) is 0 Å². The molecule has 0 fully saturated rings. The van der Waals surface area contributed by atoms with E-state index in [4.69, 9.17) is 14.2 Å². The van der Waals surface area contributed by atoms with E-state index in [1.165, 1.54) is 205 Å². The third-order valence-corrected chi connectivity index (χ3v) is 13.0. The van der Waals surface area contributed by atoms with Crippen molar-refractivity contribution < 1.29 is 28.6 Å². The van der Waals surface area contributed by atoms with Gasteiger partial charge < -0.3 is 14.2 Å². The van der Waals surface area contributed by atoms with Crippen LogP contribution >= 0.6 is 0 Å². The third-order valence-electron chi connectivity index (χ3n) is 13.0. The van der Waals surface area contributed by atoms with Crippen LogP contribution in [0.15, 0.2) is 0 Å². The van der Waals surface area contributed by atoms with Crippen molar-refractivity contribution >= 4 is 17.9 Å². The molecular weight excluding hydrogens is 781 g/mol. The molecule has 0 unspecified atom stereocenters. The molecule has 6 nitrogen and oxygen atoms in total. The molecule has 0 aliphatic heterocycles. The molecule has 0 amide bonds. The van der Waals surface area contributed by atoms with Crippen molar-refractivity contribution in [1.29, 1.82) is 0 Å². The lowest BCUT2D eigenvalue weighted by molar-refractivity contribution is -0.167. The third kappa shape index (κ3) is 51.3. The Bertz CT molecular complexity index is 962. The zero-order valence-corrected chi connectivity index (χ0v) is 43.2. The fraction of sp³-hybridized carbons (Fsp3) is 0.947. The fourth-order valence-electron chi connectivity index (χ4n) is 8.70. The van der Waals surface area contributed by atoms with Gasteiger partial charge in [0.2, 0.25) is 0 Å². The van der Waals surface area contributed by atoms with Gasteiger partial charge >= 0.3 is 17.9 Å². The molecule has 0 saturated heterocycles. The maximum absolute atomic E-state index is 12.8. The maximum atomic E-state index is 12.8. The molecule has 0 rings (SSSR count). The van der Waals surface area contributed by atoms with Gasteiger partial charge in [-0.15, -0.1) is 0 Å². The fourth-order valence-corrected chi connectivity index (χ4v) is 8.70. The van der Waals surface area contributed by atoms with Gasteiger partial charge in [0.25, 0.3) is 0 Å².